The van der Waals surface area contributed by atoms with Crippen molar-refractivity contribution >= 4 is 50.0 Å². The van der Waals surface area contributed by atoms with Gasteiger partial charge in [0.2, 0.25) is 0 Å². The molecule has 0 aliphatic heterocycles. The molecule has 0 spiro atoms. The Balaban J connectivity index is 1.65. The lowest BCUT2D eigenvalue weighted by atomic mass is 9.89. The fraction of sp³-hybridized carbons (Fsp3) is 0.340. The molecule has 2 atom stereocenters. The highest BCUT2D eigenvalue weighted by Crippen LogP contribution is 2.39. The van der Waals surface area contributed by atoms with Crippen LogP contribution < -0.4 is 4.74 Å². The van der Waals surface area contributed by atoms with Gasteiger partial charge in [-0.25, -0.2) is 4.79 Å². The third kappa shape index (κ3) is 7.83. The van der Waals surface area contributed by atoms with Gasteiger partial charge in [-0.05, 0) is 86.9 Å². The summed E-state index contributed by atoms with van der Waals surface area (Å²) >= 11 is 0. The molecule has 0 amide bonds. The highest BCUT2D eigenvalue weighted by molar-refractivity contribution is 6.27. The van der Waals surface area contributed by atoms with Gasteiger partial charge in [0.15, 0.2) is 5.78 Å². The minimum absolute atomic E-state index is 0.0166. The number of aromatic nitrogens is 1. The van der Waals surface area contributed by atoms with Gasteiger partial charge in [-0.2, -0.15) is 0 Å². The number of unbranched alkanes of at least 4 members (excludes halogenated alkanes) is 1. The van der Waals surface area contributed by atoms with E-state index in [1.54, 1.807) is 7.11 Å². The van der Waals surface area contributed by atoms with Gasteiger partial charge in [-0.1, -0.05) is 98.4 Å². The average molecular weight is 725 g/mol. The third-order valence-electron chi connectivity index (χ3n) is 10.4. The van der Waals surface area contributed by atoms with Gasteiger partial charge < -0.3 is 18.9 Å². The SMILES string of the molecule is CCCCC(CC)Cn1c2ccc(/C(=N\OC(C)=O)c3ccccc3OC(C)COC)cc2c2cc(C(=O)c3c(C)cc(C)cc3C)c3ccccc3c21. The molecule has 54 heavy (non-hydrogen) atoms. The predicted octanol–water partition coefficient (Wildman–Crippen LogP) is 11.0. The number of oxime groups is 1. The van der Waals surface area contributed by atoms with Crippen molar-refractivity contribution in [3.8, 4) is 5.75 Å². The number of hydrogen-bond acceptors (Lipinski definition) is 6. The molecule has 1 aromatic heterocycles. The van der Waals surface area contributed by atoms with Crippen molar-refractivity contribution < 1.29 is 23.9 Å². The number of fused-ring (bicyclic) bond motifs is 5. The summed E-state index contributed by atoms with van der Waals surface area (Å²) in [6.07, 6.45) is 4.31. The largest absolute Gasteiger partial charge is 0.488 e. The standard InChI is InChI=1S/C47H52N2O5/c1-9-11-16-34(10-2)27-49-42-22-21-35(45(48-54-33(7)50)38-19-14-15-20-43(38)53-32(6)28-52-8)25-39(42)40-26-41(36-17-12-13-18-37(36)46(40)49)47(51)44-30(4)23-29(3)24-31(44)5/h12-15,17-26,32,34H,9-11,16,27-28H2,1-8H3/b48-45+. The molecule has 2 unspecified atom stereocenters. The van der Waals surface area contributed by atoms with Gasteiger partial charge in [-0.15, -0.1) is 0 Å². The summed E-state index contributed by atoms with van der Waals surface area (Å²) < 4.78 is 14.1. The summed E-state index contributed by atoms with van der Waals surface area (Å²) in [5, 5.41) is 8.39. The highest BCUT2D eigenvalue weighted by Gasteiger charge is 2.25. The van der Waals surface area contributed by atoms with E-state index in [0.717, 1.165) is 86.2 Å². The van der Waals surface area contributed by atoms with Crippen molar-refractivity contribution in [3.05, 3.63) is 124 Å². The maximum Gasteiger partial charge on any atom is 0.332 e. The molecule has 7 nitrogen and oxygen atoms in total. The van der Waals surface area contributed by atoms with Crippen LogP contribution >= 0.6 is 0 Å². The van der Waals surface area contributed by atoms with Crippen molar-refractivity contribution in [1.29, 1.82) is 0 Å². The molecule has 0 saturated carbocycles. The second kappa shape index (κ2) is 16.8. The first-order valence-corrected chi connectivity index (χ1v) is 19.2. The summed E-state index contributed by atoms with van der Waals surface area (Å²) in [5.74, 6) is 0.577. The first kappa shape index (κ1) is 38.5. The zero-order chi connectivity index (χ0) is 38.5. The van der Waals surface area contributed by atoms with Crippen LogP contribution in [-0.2, 0) is 20.9 Å². The minimum atomic E-state index is -0.523. The number of para-hydroxylation sites is 1. The number of carbonyl (C=O) groups is 2. The number of methoxy groups -OCH3 is 1. The Morgan fingerprint density at radius 2 is 1.52 bits per heavy atom. The van der Waals surface area contributed by atoms with Crippen LogP contribution in [0.15, 0.2) is 90.1 Å². The van der Waals surface area contributed by atoms with E-state index >= 15 is 0 Å². The van der Waals surface area contributed by atoms with Crippen LogP contribution in [0.4, 0.5) is 0 Å². The molecule has 7 heteroatoms. The second-order valence-corrected chi connectivity index (χ2v) is 14.6. The predicted molar refractivity (Wildman–Crippen MR) is 220 cm³/mol. The van der Waals surface area contributed by atoms with Gasteiger partial charge >= 0.3 is 5.97 Å². The summed E-state index contributed by atoms with van der Waals surface area (Å²) in [7, 11) is 1.64. The Kier molecular flexibility index (Phi) is 12.0. The number of benzene rings is 5. The molecule has 0 aliphatic carbocycles. The van der Waals surface area contributed by atoms with Gasteiger partial charge in [0.25, 0.3) is 0 Å². The maximum absolute atomic E-state index is 14.7. The number of ketones is 1. The summed E-state index contributed by atoms with van der Waals surface area (Å²) in [6.45, 7) is 15.2. The molecule has 0 aliphatic rings. The fourth-order valence-corrected chi connectivity index (χ4v) is 7.95. The smallest absolute Gasteiger partial charge is 0.332 e. The van der Waals surface area contributed by atoms with Crippen LogP contribution in [0.2, 0.25) is 0 Å². The third-order valence-corrected chi connectivity index (χ3v) is 10.4. The first-order valence-electron chi connectivity index (χ1n) is 19.2. The van der Waals surface area contributed by atoms with E-state index in [-0.39, 0.29) is 11.9 Å². The number of carbonyl (C=O) groups excluding carboxylic acids is 2. The lowest BCUT2D eigenvalue weighted by molar-refractivity contribution is -0.140. The molecule has 0 radical (unpaired) electrons. The van der Waals surface area contributed by atoms with E-state index in [1.807, 2.05) is 57.2 Å². The van der Waals surface area contributed by atoms with Crippen LogP contribution in [0.1, 0.15) is 97.1 Å². The Hall–Kier alpha value is -5.27. The minimum Gasteiger partial charge on any atom is -0.488 e. The quantitative estimate of drug-likeness (QED) is 0.0456. The van der Waals surface area contributed by atoms with E-state index in [1.165, 1.54) is 13.3 Å². The van der Waals surface area contributed by atoms with Crippen LogP contribution in [0, 0.1) is 26.7 Å². The second-order valence-electron chi connectivity index (χ2n) is 14.6. The van der Waals surface area contributed by atoms with Crippen LogP contribution in [0.5, 0.6) is 5.75 Å². The average Bonchev–Trinajstić information content (AvgIpc) is 3.45. The lowest BCUT2D eigenvalue weighted by Gasteiger charge is -2.19. The zero-order valence-electron chi connectivity index (χ0n) is 32.9. The van der Waals surface area contributed by atoms with Gasteiger partial charge in [0.05, 0.1) is 12.1 Å². The molecular formula is C47H52N2O5. The van der Waals surface area contributed by atoms with Crippen LogP contribution in [0.3, 0.4) is 0 Å². The van der Waals surface area contributed by atoms with E-state index in [2.05, 4.69) is 79.0 Å². The molecule has 6 rings (SSSR count). The molecule has 0 fully saturated rings. The van der Waals surface area contributed by atoms with Crippen molar-refractivity contribution in [2.24, 2.45) is 11.1 Å². The van der Waals surface area contributed by atoms with Gasteiger partial charge in [0.1, 0.15) is 17.6 Å². The molecule has 0 saturated heterocycles. The van der Waals surface area contributed by atoms with E-state index in [0.29, 0.717) is 35.1 Å². The highest BCUT2D eigenvalue weighted by atomic mass is 16.7. The monoisotopic (exact) mass is 724 g/mol. The van der Waals surface area contributed by atoms with Gasteiger partial charge in [0, 0.05) is 64.5 Å². The number of nitrogens with zero attached hydrogens (tertiary/aromatic N) is 2. The van der Waals surface area contributed by atoms with Crippen molar-refractivity contribution in [2.45, 2.75) is 86.8 Å². The Morgan fingerprint density at radius 1 is 0.815 bits per heavy atom. The summed E-state index contributed by atoms with van der Waals surface area (Å²) in [5.41, 5.74) is 8.58. The van der Waals surface area contributed by atoms with Crippen LogP contribution in [-0.4, -0.2) is 41.9 Å². The Bertz CT molecular complexity index is 2350. The molecule has 1 heterocycles. The number of aryl methyl sites for hydroxylation is 3. The fourth-order valence-electron chi connectivity index (χ4n) is 7.95. The molecule has 0 bridgehead atoms. The van der Waals surface area contributed by atoms with Crippen LogP contribution in [0.25, 0.3) is 32.6 Å². The molecule has 280 valence electrons. The zero-order valence-corrected chi connectivity index (χ0v) is 32.9. The van der Waals surface area contributed by atoms with E-state index in [4.69, 9.17) is 14.3 Å². The number of ether oxygens (including phenoxy) is 2. The summed E-state index contributed by atoms with van der Waals surface area (Å²) in [4.78, 5) is 32.2. The van der Waals surface area contributed by atoms with E-state index < -0.39 is 5.97 Å². The summed E-state index contributed by atoms with van der Waals surface area (Å²) in [6, 6.07) is 28.5. The maximum atomic E-state index is 14.7. The van der Waals surface area contributed by atoms with Gasteiger partial charge in [-0.3, -0.25) is 4.79 Å². The normalized spacial score (nSPS) is 13.1. The topological polar surface area (TPSA) is 79.1 Å². The Labute approximate surface area is 318 Å². The molecular weight excluding hydrogens is 673 g/mol. The Morgan fingerprint density at radius 3 is 2.20 bits per heavy atom. The number of hydrogen-bond donors (Lipinski definition) is 0. The molecule has 0 N–H and O–H groups in total. The van der Waals surface area contributed by atoms with E-state index in [9.17, 15) is 9.59 Å². The molecule has 5 aromatic carbocycles. The van der Waals surface area contributed by atoms with Crippen molar-refractivity contribution in [3.63, 3.8) is 0 Å². The van der Waals surface area contributed by atoms with Crippen molar-refractivity contribution in [2.75, 3.05) is 13.7 Å². The first-order chi connectivity index (χ1) is 26.1. The van der Waals surface area contributed by atoms with Crippen molar-refractivity contribution in [1.82, 2.24) is 4.57 Å². The number of rotatable bonds is 15. The lowest BCUT2D eigenvalue weighted by Crippen LogP contribution is -2.19. The molecule has 6 aromatic rings.